The lowest BCUT2D eigenvalue weighted by molar-refractivity contribution is -0.133. The maximum Gasteiger partial charge on any atom is 0.225 e. The predicted molar refractivity (Wildman–Crippen MR) is 103 cm³/mol. The van der Waals surface area contributed by atoms with Gasteiger partial charge in [-0.1, -0.05) is 25.4 Å². The van der Waals surface area contributed by atoms with Gasteiger partial charge in [-0.3, -0.25) is 9.79 Å². The molecule has 0 radical (unpaired) electrons. The number of rotatable bonds is 6. The van der Waals surface area contributed by atoms with Crippen molar-refractivity contribution in [3.05, 3.63) is 21.3 Å². The highest BCUT2D eigenvalue weighted by Crippen LogP contribution is 2.26. The van der Waals surface area contributed by atoms with E-state index in [0.29, 0.717) is 16.8 Å². The molecular weight excluding hydrogens is 360 g/mol. The molecule has 0 aliphatic carbocycles. The molecule has 1 fully saturated rings. The van der Waals surface area contributed by atoms with Gasteiger partial charge in [0.1, 0.15) is 6.10 Å². The zero-order valence-corrected chi connectivity index (χ0v) is 16.5. The molecule has 1 aliphatic heterocycles. The Morgan fingerprint density at radius 2 is 2.28 bits per heavy atom. The van der Waals surface area contributed by atoms with Gasteiger partial charge in [0.05, 0.1) is 10.9 Å². The summed E-state index contributed by atoms with van der Waals surface area (Å²) in [5, 5.41) is 16.8. The van der Waals surface area contributed by atoms with Crippen molar-refractivity contribution in [1.29, 1.82) is 0 Å². The monoisotopic (exact) mass is 386 g/mol. The second kappa shape index (κ2) is 9.40. The number of halogens is 1. The number of thiophene rings is 1. The fourth-order valence-corrected chi connectivity index (χ4v) is 3.77. The summed E-state index contributed by atoms with van der Waals surface area (Å²) in [5.41, 5.74) is 0. The largest absolute Gasteiger partial charge is 0.386 e. The minimum atomic E-state index is -0.671. The molecule has 1 aliphatic rings. The molecule has 0 aromatic carbocycles. The molecule has 3 N–H and O–H groups in total. The van der Waals surface area contributed by atoms with E-state index in [1.807, 2.05) is 31.7 Å². The molecule has 25 heavy (non-hydrogen) atoms. The van der Waals surface area contributed by atoms with Gasteiger partial charge in [0.25, 0.3) is 0 Å². The van der Waals surface area contributed by atoms with Gasteiger partial charge in [-0.25, -0.2) is 0 Å². The summed E-state index contributed by atoms with van der Waals surface area (Å²) in [6.45, 7) is 8.28. The molecule has 6 nitrogen and oxygen atoms in total. The maximum atomic E-state index is 12.1. The van der Waals surface area contributed by atoms with E-state index < -0.39 is 6.10 Å². The molecule has 2 heterocycles. The maximum absolute atomic E-state index is 12.1. The van der Waals surface area contributed by atoms with Crippen molar-refractivity contribution < 1.29 is 9.90 Å². The van der Waals surface area contributed by atoms with Crippen molar-refractivity contribution in [2.75, 3.05) is 26.2 Å². The Bertz CT molecular complexity index is 605. The molecule has 1 aromatic heterocycles. The third kappa shape index (κ3) is 5.87. The second-order valence-electron chi connectivity index (χ2n) is 6.45. The van der Waals surface area contributed by atoms with Crippen molar-refractivity contribution in [1.82, 2.24) is 15.5 Å². The first kappa shape index (κ1) is 20.0. The van der Waals surface area contributed by atoms with Crippen LogP contribution in [0.15, 0.2) is 17.1 Å². The molecule has 1 saturated heterocycles. The lowest BCUT2D eigenvalue weighted by atomic mass is 10.2. The normalized spacial score (nSPS) is 19.4. The highest BCUT2D eigenvalue weighted by Gasteiger charge is 2.28. The fourth-order valence-electron chi connectivity index (χ4n) is 2.73. The van der Waals surface area contributed by atoms with E-state index in [0.717, 1.165) is 24.4 Å². The number of amides is 1. The highest BCUT2D eigenvalue weighted by molar-refractivity contribution is 7.16. The summed E-state index contributed by atoms with van der Waals surface area (Å²) in [6.07, 6.45) is 0.224. The van der Waals surface area contributed by atoms with Crippen LogP contribution in [-0.2, 0) is 4.79 Å². The zero-order valence-electron chi connectivity index (χ0n) is 15.0. The second-order valence-corrected chi connectivity index (χ2v) is 8.19. The number of aliphatic hydroxyl groups is 1. The van der Waals surface area contributed by atoms with Crippen molar-refractivity contribution >= 4 is 34.8 Å². The van der Waals surface area contributed by atoms with E-state index in [-0.39, 0.29) is 24.4 Å². The molecule has 2 rings (SSSR count). The predicted octanol–water partition coefficient (Wildman–Crippen LogP) is 2.25. The summed E-state index contributed by atoms with van der Waals surface area (Å²) in [5.74, 6) is 0.873. The third-order valence-electron chi connectivity index (χ3n) is 4.02. The Morgan fingerprint density at radius 1 is 1.52 bits per heavy atom. The van der Waals surface area contributed by atoms with Crippen LogP contribution in [0.3, 0.4) is 0 Å². The standard InChI is InChI=1S/C17H27ClN4O2S/c1-4-19-17(20-9-13(23)14-5-6-15(18)25-14)21-12-7-8-22(10-12)16(24)11(2)3/h5-6,11-13,23H,4,7-10H2,1-3H3,(H2,19,20,21). The summed E-state index contributed by atoms with van der Waals surface area (Å²) in [7, 11) is 0. The van der Waals surface area contributed by atoms with Crippen molar-refractivity contribution in [2.45, 2.75) is 39.3 Å². The number of aliphatic imine (C=N–C) groups is 1. The lowest BCUT2D eigenvalue weighted by Crippen LogP contribution is -2.45. The van der Waals surface area contributed by atoms with Crippen LogP contribution in [0.25, 0.3) is 0 Å². The minimum Gasteiger partial charge on any atom is -0.386 e. The minimum absolute atomic E-state index is 0.0217. The lowest BCUT2D eigenvalue weighted by Gasteiger charge is -2.20. The zero-order chi connectivity index (χ0) is 18.4. The van der Waals surface area contributed by atoms with Gasteiger partial charge in [0, 0.05) is 36.5 Å². The van der Waals surface area contributed by atoms with Crippen LogP contribution < -0.4 is 10.6 Å². The van der Waals surface area contributed by atoms with E-state index in [9.17, 15) is 9.90 Å². The highest BCUT2D eigenvalue weighted by atomic mass is 35.5. The van der Waals surface area contributed by atoms with Crippen LogP contribution in [0.2, 0.25) is 4.34 Å². The fraction of sp³-hybridized carbons (Fsp3) is 0.647. The first-order chi connectivity index (χ1) is 11.9. The molecule has 1 aromatic rings. The summed E-state index contributed by atoms with van der Waals surface area (Å²) in [6, 6.07) is 3.77. The topological polar surface area (TPSA) is 77.0 Å². The number of guanidine groups is 1. The molecule has 0 bridgehead atoms. The van der Waals surface area contributed by atoms with Gasteiger partial charge in [-0.05, 0) is 25.5 Å². The number of hydrogen-bond donors (Lipinski definition) is 3. The van der Waals surface area contributed by atoms with Gasteiger partial charge >= 0.3 is 0 Å². The smallest absolute Gasteiger partial charge is 0.225 e. The Kier molecular flexibility index (Phi) is 7.53. The number of likely N-dealkylation sites (tertiary alicyclic amines) is 1. The Morgan fingerprint density at radius 3 is 2.88 bits per heavy atom. The average molecular weight is 387 g/mol. The molecule has 0 saturated carbocycles. The van der Waals surface area contributed by atoms with Gasteiger partial charge in [0.15, 0.2) is 5.96 Å². The van der Waals surface area contributed by atoms with Crippen LogP contribution in [-0.4, -0.2) is 54.1 Å². The molecular formula is C17H27ClN4O2S. The van der Waals surface area contributed by atoms with Crippen molar-refractivity contribution in [3.8, 4) is 0 Å². The van der Waals surface area contributed by atoms with Crippen molar-refractivity contribution in [3.63, 3.8) is 0 Å². The Balaban J connectivity index is 1.91. The molecule has 2 atom stereocenters. The van der Waals surface area contributed by atoms with E-state index in [4.69, 9.17) is 11.6 Å². The van der Waals surface area contributed by atoms with Gasteiger partial charge in [0.2, 0.25) is 5.91 Å². The first-order valence-corrected chi connectivity index (χ1v) is 9.87. The third-order valence-corrected chi connectivity index (χ3v) is 5.36. The number of carbonyl (C=O) groups is 1. The number of nitrogens with one attached hydrogen (secondary N) is 2. The van der Waals surface area contributed by atoms with E-state index in [2.05, 4.69) is 15.6 Å². The summed E-state index contributed by atoms with van der Waals surface area (Å²) in [4.78, 5) is 19.3. The summed E-state index contributed by atoms with van der Waals surface area (Å²) >= 11 is 7.27. The van der Waals surface area contributed by atoms with E-state index in [1.54, 1.807) is 6.07 Å². The Labute approximate surface area is 158 Å². The number of aliphatic hydroxyl groups excluding tert-OH is 1. The van der Waals surface area contributed by atoms with Gasteiger partial charge in [-0.2, -0.15) is 0 Å². The Hall–Kier alpha value is -1.31. The summed E-state index contributed by atoms with van der Waals surface area (Å²) < 4.78 is 0.656. The number of nitrogens with zero attached hydrogens (tertiary/aromatic N) is 2. The van der Waals surface area contributed by atoms with Gasteiger partial charge in [-0.15, -0.1) is 11.3 Å². The van der Waals surface area contributed by atoms with Crippen LogP contribution in [0.4, 0.5) is 0 Å². The van der Waals surface area contributed by atoms with E-state index in [1.165, 1.54) is 11.3 Å². The molecule has 2 unspecified atom stereocenters. The van der Waals surface area contributed by atoms with Crippen LogP contribution in [0, 0.1) is 5.92 Å². The average Bonchev–Trinajstić information content (AvgIpc) is 3.21. The first-order valence-electron chi connectivity index (χ1n) is 8.67. The van der Waals surface area contributed by atoms with E-state index >= 15 is 0 Å². The van der Waals surface area contributed by atoms with Crippen molar-refractivity contribution in [2.24, 2.45) is 10.9 Å². The SMILES string of the molecule is CCNC(=NCC(O)c1ccc(Cl)s1)NC1CCN(C(=O)C(C)C)C1. The van der Waals surface area contributed by atoms with Crippen LogP contribution in [0.1, 0.15) is 38.2 Å². The van der Waals surface area contributed by atoms with Gasteiger partial charge < -0.3 is 20.6 Å². The van der Waals surface area contributed by atoms with Crippen LogP contribution in [0.5, 0.6) is 0 Å². The molecule has 1 amide bonds. The molecule has 0 spiro atoms. The number of carbonyl (C=O) groups excluding carboxylic acids is 1. The van der Waals surface area contributed by atoms with Crippen LogP contribution >= 0.6 is 22.9 Å². The number of hydrogen-bond acceptors (Lipinski definition) is 4. The molecule has 8 heteroatoms. The molecule has 140 valence electrons. The quantitative estimate of drug-likeness (QED) is 0.517.